The van der Waals surface area contributed by atoms with Gasteiger partial charge in [-0.05, 0) is 0 Å². The lowest BCUT2D eigenvalue weighted by Crippen LogP contribution is -2.33. The number of aromatic nitrogens is 4. The second-order valence-electron chi connectivity index (χ2n) is 3.39. The van der Waals surface area contributed by atoms with Gasteiger partial charge in [-0.1, -0.05) is 0 Å². The van der Waals surface area contributed by atoms with Crippen LogP contribution in [0.25, 0.3) is 11.2 Å². The van der Waals surface area contributed by atoms with E-state index < -0.39 is 11.2 Å². The van der Waals surface area contributed by atoms with E-state index in [4.69, 9.17) is 0 Å². The van der Waals surface area contributed by atoms with Crippen LogP contribution in [0.4, 0.5) is 0 Å². The number of H-pyrrole nitrogens is 1. The van der Waals surface area contributed by atoms with Gasteiger partial charge in [0.05, 0.1) is 0 Å². The van der Waals surface area contributed by atoms with E-state index in [-0.39, 0.29) is 16.9 Å². The zero-order chi connectivity index (χ0) is 11.3. The van der Waals surface area contributed by atoms with E-state index in [9.17, 15) is 14.4 Å². The number of aryl methyl sites for hydroxylation is 2. The highest BCUT2D eigenvalue weighted by Gasteiger charge is 2.13. The highest BCUT2D eigenvalue weighted by atomic mass is 16.2. The molecule has 1 N–H and O–H groups in total. The summed E-state index contributed by atoms with van der Waals surface area (Å²) in [6.45, 7) is 0. The smallest absolute Gasteiger partial charge is 0.291 e. The molecule has 2 rings (SSSR count). The molecule has 0 radical (unpaired) electrons. The number of imidazole rings is 1. The van der Waals surface area contributed by atoms with Gasteiger partial charge in [0.1, 0.15) is 5.65 Å². The molecule has 0 fully saturated rings. The first-order valence-corrected chi connectivity index (χ1v) is 4.30. The number of nitrogens with one attached hydrogen (secondary N) is 1. The summed E-state index contributed by atoms with van der Waals surface area (Å²) in [7, 11) is 4.35. The fourth-order valence-corrected chi connectivity index (χ4v) is 1.56. The molecule has 0 aliphatic carbocycles. The van der Waals surface area contributed by atoms with Crippen LogP contribution >= 0.6 is 0 Å². The normalized spacial score (nSPS) is 11.1. The van der Waals surface area contributed by atoms with Crippen molar-refractivity contribution in [1.29, 1.82) is 0 Å². The first-order chi connectivity index (χ1) is 6.95. The molecule has 7 heteroatoms. The van der Waals surface area contributed by atoms with Crippen molar-refractivity contribution in [1.82, 2.24) is 18.7 Å². The third kappa shape index (κ3) is 1.03. The molecule has 0 aliphatic rings. The number of hydrogen-bond donors (Lipinski definition) is 1. The molecular formula is C8H10N4O3. The first kappa shape index (κ1) is 9.50. The van der Waals surface area contributed by atoms with Gasteiger partial charge in [-0.25, -0.2) is 9.59 Å². The van der Waals surface area contributed by atoms with E-state index in [1.165, 1.54) is 30.3 Å². The van der Waals surface area contributed by atoms with Crippen LogP contribution in [-0.4, -0.2) is 18.7 Å². The molecule has 15 heavy (non-hydrogen) atoms. The van der Waals surface area contributed by atoms with Crippen LogP contribution < -0.4 is 16.9 Å². The van der Waals surface area contributed by atoms with Crippen LogP contribution in [0.5, 0.6) is 0 Å². The minimum absolute atomic E-state index is 0.199. The van der Waals surface area contributed by atoms with Gasteiger partial charge in [0.25, 0.3) is 5.56 Å². The van der Waals surface area contributed by atoms with Crippen molar-refractivity contribution in [3.05, 3.63) is 31.3 Å². The quantitative estimate of drug-likeness (QED) is 0.560. The molecule has 80 valence electrons. The zero-order valence-corrected chi connectivity index (χ0v) is 8.57. The number of nitrogens with zero attached hydrogens (tertiary/aromatic N) is 3. The van der Waals surface area contributed by atoms with E-state index >= 15 is 0 Å². The van der Waals surface area contributed by atoms with Gasteiger partial charge in [0, 0.05) is 21.1 Å². The van der Waals surface area contributed by atoms with E-state index in [0.717, 1.165) is 4.57 Å². The molecule has 2 aromatic rings. The molecular weight excluding hydrogens is 200 g/mol. The highest BCUT2D eigenvalue weighted by Crippen LogP contribution is 1.98. The minimum atomic E-state index is -0.534. The van der Waals surface area contributed by atoms with Crippen LogP contribution in [-0.2, 0) is 21.1 Å². The summed E-state index contributed by atoms with van der Waals surface area (Å²) in [6, 6.07) is 0. The largest absolute Gasteiger partial charge is 0.329 e. The lowest BCUT2D eigenvalue weighted by molar-refractivity contribution is 0.781. The van der Waals surface area contributed by atoms with Crippen LogP contribution in [0.2, 0.25) is 0 Å². The van der Waals surface area contributed by atoms with Gasteiger partial charge in [0.15, 0.2) is 5.52 Å². The highest BCUT2D eigenvalue weighted by molar-refractivity contribution is 5.69. The van der Waals surface area contributed by atoms with E-state index in [2.05, 4.69) is 4.98 Å². The number of fused-ring (bicyclic) bond motifs is 1. The second kappa shape index (κ2) is 2.72. The predicted octanol–water partition coefficient (Wildman–Crippen LogP) is -1.74. The molecule has 2 aromatic heterocycles. The molecule has 0 unspecified atom stereocenters. The Balaban J connectivity index is 3.29. The monoisotopic (exact) mass is 210 g/mol. The lowest BCUT2D eigenvalue weighted by Gasteiger charge is -1.97. The van der Waals surface area contributed by atoms with Crippen molar-refractivity contribution < 1.29 is 0 Å². The van der Waals surface area contributed by atoms with Gasteiger partial charge in [-0.15, -0.1) is 0 Å². The lowest BCUT2D eigenvalue weighted by atomic mass is 10.5. The van der Waals surface area contributed by atoms with E-state index in [1.807, 2.05) is 0 Å². The number of aromatic amines is 1. The first-order valence-electron chi connectivity index (χ1n) is 4.30. The number of hydrogen-bond acceptors (Lipinski definition) is 3. The van der Waals surface area contributed by atoms with Crippen molar-refractivity contribution in [2.75, 3.05) is 0 Å². The van der Waals surface area contributed by atoms with Gasteiger partial charge in [-0.3, -0.25) is 23.5 Å². The van der Waals surface area contributed by atoms with Gasteiger partial charge in [0.2, 0.25) is 0 Å². The molecule has 0 bridgehead atoms. The molecule has 0 spiro atoms. The topological polar surface area (TPSA) is 81.8 Å². The van der Waals surface area contributed by atoms with Crippen molar-refractivity contribution in [3.8, 4) is 0 Å². The maximum atomic E-state index is 11.7. The fourth-order valence-electron chi connectivity index (χ4n) is 1.56. The molecule has 0 aliphatic heterocycles. The Morgan fingerprint density at radius 3 is 2.13 bits per heavy atom. The molecule has 0 atom stereocenters. The average Bonchev–Trinajstić information content (AvgIpc) is 2.40. The van der Waals surface area contributed by atoms with E-state index in [1.54, 1.807) is 0 Å². The van der Waals surface area contributed by atoms with E-state index in [0.29, 0.717) is 0 Å². The van der Waals surface area contributed by atoms with Crippen LogP contribution in [0, 0.1) is 0 Å². The summed E-state index contributed by atoms with van der Waals surface area (Å²) < 4.78 is 3.38. The van der Waals surface area contributed by atoms with Crippen molar-refractivity contribution >= 4 is 11.2 Å². The van der Waals surface area contributed by atoms with Crippen LogP contribution in [0.3, 0.4) is 0 Å². The van der Waals surface area contributed by atoms with Crippen LogP contribution in [0.15, 0.2) is 14.4 Å². The molecule has 7 nitrogen and oxygen atoms in total. The molecule has 0 amide bonds. The molecule has 0 saturated carbocycles. The third-order valence-electron chi connectivity index (χ3n) is 2.51. The predicted molar refractivity (Wildman–Crippen MR) is 54.0 cm³/mol. The summed E-state index contributed by atoms with van der Waals surface area (Å²) in [6.07, 6.45) is 0. The van der Waals surface area contributed by atoms with Crippen molar-refractivity contribution in [2.24, 2.45) is 21.1 Å². The Kier molecular flexibility index (Phi) is 1.72. The Morgan fingerprint density at radius 1 is 0.933 bits per heavy atom. The fraction of sp³-hybridized carbons (Fsp3) is 0.375. The number of rotatable bonds is 0. The Morgan fingerprint density at radius 2 is 1.53 bits per heavy atom. The minimum Gasteiger partial charge on any atom is -0.291 e. The van der Waals surface area contributed by atoms with Crippen molar-refractivity contribution in [2.45, 2.75) is 0 Å². The average molecular weight is 210 g/mol. The zero-order valence-electron chi connectivity index (χ0n) is 8.57. The van der Waals surface area contributed by atoms with Crippen LogP contribution in [0.1, 0.15) is 0 Å². The SMILES string of the molecule is Cn1c(=O)[nH]c2c(c1=O)n(C)c(=O)n2C. The Bertz CT molecular complexity index is 712. The molecule has 0 saturated heterocycles. The Hall–Kier alpha value is -2.05. The standard InChI is InChI=1S/C8H10N4O3/c1-10-4-5(11(2)8(10)15)9-7(14)12(3)6(4)13/h1-3H3,(H,9,14). The third-order valence-corrected chi connectivity index (χ3v) is 2.51. The summed E-state index contributed by atoms with van der Waals surface area (Å²) in [5.74, 6) is 0. The summed E-state index contributed by atoms with van der Waals surface area (Å²) in [5.41, 5.74) is -0.910. The second-order valence-corrected chi connectivity index (χ2v) is 3.39. The van der Waals surface area contributed by atoms with Gasteiger partial charge >= 0.3 is 11.4 Å². The summed E-state index contributed by atoms with van der Waals surface area (Å²) in [4.78, 5) is 37.0. The summed E-state index contributed by atoms with van der Waals surface area (Å²) >= 11 is 0. The maximum absolute atomic E-state index is 11.7. The van der Waals surface area contributed by atoms with Crippen molar-refractivity contribution in [3.63, 3.8) is 0 Å². The molecule has 0 aromatic carbocycles. The summed E-state index contributed by atoms with van der Waals surface area (Å²) in [5, 5.41) is 0. The van der Waals surface area contributed by atoms with Gasteiger partial charge in [-0.2, -0.15) is 0 Å². The molecule has 2 heterocycles. The Labute approximate surface area is 83.2 Å². The van der Waals surface area contributed by atoms with Gasteiger partial charge < -0.3 is 0 Å². The maximum Gasteiger partial charge on any atom is 0.329 e.